The number of hydrogen-bond acceptors (Lipinski definition) is 6. The van der Waals surface area contributed by atoms with Gasteiger partial charge in [-0.05, 0) is 24.1 Å². The van der Waals surface area contributed by atoms with Crippen molar-refractivity contribution in [3.8, 4) is 0 Å². The maximum absolute atomic E-state index is 12.3. The molecule has 1 aromatic heterocycles. The number of nitrogens with zero attached hydrogens (tertiary/aromatic N) is 4. The van der Waals surface area contributed by atoms with Crippen molar-refractivity contribution in [1.29, 1.82) is 0 Å². The highest BCUT2D eigenvalue weighted by Crippen LogP contribution is 2.40. The summed E-state index contributed by atoms with van der Waals surface area (Å²) in [4.78, 5) is 34.9. The van der Waals surface area contributed by atoms with Crippen LogP contribution in [0.15, 0.2) is 48.5 Å². The summed E-state index contributed by atoms with van der Waals surface area (Å²) in [7, 11) is 0. The monoisotopic (exact) mass is 384 g/mol. The van der Waals surface area contributed by atoms with Gasteiger partial charge in [-0.15, -0.1) is 5.10 Å². The van der Waals surface area contributed by atoms with E-state index in [1.807, 2.05) is 0 Å². The molecular formula is C18H16N4O6. The molecule has 28 heavy (non-hydrogen) atoms. The molecule has 1 heterocycles. The first-order valence-corrected chi connectivity index (χ1v) is 8.35. The van der Waals surface area contributed by atoms with Crippen LogP contribution in [0.3, 0.4) is 0 Å². The number of carboxylic acid groups (broad SMARTS) is 2. The van der Waals surface area contributed by atoms with Gasteiger partial charge in [0, 0.05) is 12.1 Å². The Hall–Kier alpha value is -3.82. The standard InChI is InChI=1S/C18H16N4O6/c1-2-15(21-14-6-4-3-5-13(14)19-20-21)18(16(23)24,17(25)26)11-7-9-12(10-8-11)22(27)28/h3-10,15H,2H2,1H3,(H,23,24)(H,25,26). The largest absolute Gasteiger partial charge is 0.480 e. The number of nitro groups is 1. The Balaban J connectivity index is 2.27. The van der Waals surface area contributed by atoms with Crippen LogP contribution < -0.4 is 0 Å². The van der Waals surface area contributed by atoms with Gasteiger partial charge < -0.3 is 10.2 Å². The molecule has 1 unspecified atom stereocenters. The van der Waals surface area contributed by atoms with Crippen molar-refractivity contribution >= 4 is 28.7 Å². The average molecular weight is 384 g/mol. The highest BCUT2D eigenvalue weighted by molar-refractivity contribution is 6.05. The Bertz CT molecular complexity index is 1050. The number of aromatic nitrogens is 3. The van der Waals surface area contributed by atoms with E-state index in [1.165, 1.54) is 4.68 Å². The minimum atomic E-state index is -2.42. The van der Waals surface area contributed by atoms with E-state index in [0.717, 1.165) is 24.3 Å². The van der Waals surface area contributed by atoms with Gasteiger partial charge >= 0.3 is 11.9 Å². The first-order valence-electron chi connectivity index (χ1n) is 8.35. The third-order valence-corrected chi connectivity index (χ3v) is 4.77. The van der Waals surface area contributed by atoms with Crippen molar-refractivity contribution in [2.24, 2.45) is 0 Å². The van der Waals surface area contributed by atoms with Crippen LogP contribution in [0.2, 0.25) is 0 Å². The number of carboxylic acids is 2. The summed E-state index contributed by atoms with van der Waals surface area (Å²) in [5.41, 5.74) is -1.80. The molecule has 0 bridgehead atoms. The molecule has 10 nitrogen and oxygen atoms in total. The van der Waals surface area contributed by atoms with Gasteiger partial charge in [0.15, 0.2) is 0 Å². The summed E-state index contributed by atoms with van der Waals surface area (Å²) in [5.74, 6) is -3.19. The molecule has 3 rings (SSSR count). The lowest BCUT2D eigenvalue weighted by Gasteiger charge is -2.33. The normalized spacial score (nSPS) is 12.6. The first-order chi connectivity index (χ1) is 13.3. The molecular weight excluding hydrogens is 368 g/mol. The molecule has 0 aliphatic rings. The Morgan fingerprint density at radius 2 is 1.75 bits per heavy atom. The van der Waals surface area contributed by atoms with Crippen LogP contribution in [0.5, 0.6) is 0 Å². The van der Waals surface area contributed by atoms with E-state index < -0.39 is 28.3 Å². The van der Waals surface area contributed by atoms with Crippen molar-refractivity contribution in [2.75, 3.05) is 0 Å². The van der Waals surface area contributed by atoms with Crippen molar-refractivity contribution in [3.05, 3.63) is 64.2 Å². The zero-order valence-electron chi connectivity index (χ0n) is 14.7. The number of nitro benzene ring substituents is 1. The second-order valence-corrected chi connectivity index (χ2v) is 6.17. The van der Waals surface area contributed by atoms with Crippen molar-refractivity contribution < 1.29 is 24.7 Å². The lowest BCUT2D eigenvalue weighted by atomic mass is 9.73. The van der Waals surface area contributed by atoms with E-state index in [1.54, 1.807) is 31.2 Å². The highest BCUT2D eigenvalue weighted by atomic mass is 16.6. The number of fused-ring (bicyclic) bond motifs is 1. The summed E-state index contributed by atoms with van der Waals surface area (Å²) < 4.78 is 1.29. The topological polar surface area (TPSA) is 148 Å². The minimum absolute atomic E-state index is 0.0930. The Kier molecular flexibility index (Phi) is 4.78. The quantitative estimate of drug-likeness (QED) is 0.358. The van der Waals surface area contributed by atoms with Crippen LogP contribution in [-0.4, -0.2) is 42.1 Å². The minimum Gasteiger partial charge on any atom is -0.480 e. The molecule has 1 atom stereocenters. The molecule has 0 amide bonds. The van der Waals surface area contributed by atoms with E-state index in [4.69, 9.17) is 0 Å². The van der Waals surface area contributed by atoms with Crippen LogP contribution in [0.1, 0.15) is 24.9 Å². The molecule has 0 saturated carbocycles. The van der Waals surface area contributed by atoms with Crippen LogP contribution in [-0.2, 0) is 15.0 Å². The highest BCUT2D eigenvalue weighted by Gasteiger charge is 2.56. The number of para-hydroxylation sites is 1. The summed E-state index contributed by atoms with van der Waals surface area (Å²) in [6, 6.07) is 10.2. The molecule has 2 N–H and O–H groups in total. The van der Waals surface area contributed by atoms with Crippen LogP contribution in [0.25, 0.3) is 11.0 Å². The smallest absolute Gasteiger partial charge is 0.327 e. The maximum atomic E-state index is 12.3. The van der Waals surface area contributed by atoms with Crippen molar-refractivity contribution in [1.82, 2.24) is 15.0 Å². The number of rotatable bonds is 7. The van der Waals surface area contributed by atoms with Gasteiger partial charge in [0.05, 0.1) is 16.5 Å². The van der Waals surface area contributed by atoms with Gasteiger partial charge in [-0.3, -0.25) is 19.7 Å². The molecule has 0 fully saturated rings. The fourth-order valence-corrected chi connectivity index (χ4v) is 3.44. The molecule has 0 radical (unpaired) electrons. The van der Waals surface area contributed by atoms with Gasteiger partial charge in [-0.25, -0.2) is 4.68 Å². The molecule has 0 saturated heterocycles. The van der Waals surface area contributed by atoms with E-state index in [0.29, 0.717) is 11.0 Å². The van der Waals surface area contributed by atoms with Gasteiger partial charge in [0.1, 0.15) is 5.52 Å². The molecule has 0 aliphatic heterocycles. The van der Waals surface area contributed by atoms with Crippen LogP contribution in [0, 0.1) is 10.1 Å². The average Bonchev–Trinajstić information content (AvgIpc) is 3.09. The fourth-order valence-electron chi connectivity index (χ4n) is 3.44. The van der Waals surface area contributed by atoms with Crippen LogP contribution >= 0.6 is 0 Å². The Morgan fingerprint density at radius 1 is 1.14 bits per heavy atom. The summed E-state index contributed by atoms with van der Waals surface area (Å²) in [5, 5.41) is 38.9. The molecule has 144 valence electrons. The van der Waals surface area contributed by atoms with E-state index in [9.17, 15) is 29.9 Å². The zero-order valence-corrected chi connectivity index (χ0v) is 14.7. The van der Waals surface area contributed by atoms with Crippen molar-refractivity contribution in [3.63, 3.8) is 0 Å². The summed E-state index contributed by atoms with van der Waals surface area (Å²) in [6.07, 6.45) is 0.114. The molecule has 0 spiro atoms. The predicted octanol–water partition coefficient (Wildman–Crippen LogP) is 2.40. The molecule has 2 aromatic carbocycles. The first kappa shape index (κ1) is 19.0. The van der Waals surface area contributed by atoms with Crippen molar-refractivity contribution in [2.45, 2.75) is 24.8 Å². The van der Waals surface area contributed by atoms with Gasteiger partial charge in [-0.1, -0.05) is 36.4 Å². The maximum Gasteiger partial charge on any atom is 0.327 e. The predicted molar refractivity (Wildman–Crippen MR) is 96.9 cm³/mol. The number of hydrogen-bond donors (Lipinski definition) is 2. The third kappa shape index (κ3) is 2.75. The van der Waals surface area contributed by atoms with E-state index >= 15 is 0 Å². The van der Waals surface area contributed by atoms with Crippen LogP contribution in [0.4, 0.5) is 5.69 Å². The number of carbonyl (C=O) groups is 2. The number of non-ortho nitro benzene ring substituents is 1. The SMILES string of the molecule is CCC(n1nnc2ccccc21)C(C(=O)O)(C(=O)O)c1ccc([N+](=O)[O-])cc1. The fraction of sp³-hybridized carbons (Fsp3) is 0.222. The van der Waals surface area contributed by atoms with Gasteiger partial charge in [0.25, 0.3) is 5.69 Å². The zero-order chi connectivity index (χ0) is 20.5. The number of benzene rings is 2. The molecule has 0 aliphatic carbocycles. The van der Waals surface area contributed by atoms with E-state index in [2.05, 4.69) is 10.3 Å². The lowest BCUT2D eigenvalue weighted by molar-refractivity contribution is -0.384. The lowest BCUT2D eigenvalue weighted by Crippen LogP contribution is -2.50. The summed E-state index contributed by atoms with van der Waals surface area (Å²) in [6.45, 7) is 1.65. The van der Waals surface area contributed by atoms with E-state index in [-0.39, 0.29) is 17.7 Å². The van der Waals surface area contributed by atoms with Gasteiger partial charge in [-0.2, -0.15) is 0 Å². The second-order valence-electron chi connectivity index (χ2n) is 6.17. The third-order valence-electron chi connectivity index (χ3n) is 4.77. The number of aliphatic carboxylic acids is 2. The molecule has 10 heteroatoms. The summed E-state index contributed by atoms with van der Waals surface area (Å²) >= 11 is 0. The second kappa shape index (κ2) is 7.06. The molecule has 3 aromatic rings. The Labute approximate surface area is 158 Å². The van der Waals surface area contributed by atoms with Gasteiger partial charge in [0.2, 0.25) is 5.41 Å². The Morgan fingerprint density at radius 3 is 2.29 bits per heavy atom.